The minimum atomic E-state index is -0.108. The Morgan fingerprint density at radius 3 is 2.55 bits per heavy atom. The van der Waals surface area contributed by atoms with Crippen LogP contribution >= 0.6 is 0 Å². The lowest BCUT2D eigenvalue weighted by molar-refractivity contribution is 0.0946. The first-order valence-electron chi connectivity index (χ1n) is 11.0. The molecule has 2 aromatic carbocycles. The van der Waals surface area contributed by atoms with Gasteiger partial charge in [0.1, 0.15) is 11.5 Å². The lowest BCUT2D eigenvalue weighted by atomic mass is 10.0. The number of hydrogen-bond acceptors (Lipinski definition) is 5. The fraction of sp³-hybridized carbons (Fsp3) is 0.375. The Morgan fingerprint density at radius 1 is 1.00 bits per heavy atom. The second-order valence-corrected chi connectivity index (χ2v) is 8.40. The highest BCUT2D eigenvalue weighted by atomic mass is 16.5. The standard InChI is InChI=1S/C24H27N5O2/c30-24(25-19-9-10-19)23-17-29(27-26-23)20-11-13-28(14-12-20)16-18-5-4-8-22(15-18)31-21-6-2-1-3-7-21/h1-8,15,17,19-20H,9-14,16H2,(H,25,30). The molecule has 1 N–H and O–H groups in total. The van der Waals surface area contributed by atoms with Gasteiger partial charge in [-0.2, -0.15) is 0 Å². The molecule has 1 saturated heterocycles. The van der Waals surface area contributed by atoms with Crippen molar-refractivity contribution in [2.24, 2.45) is 0 Å². The van der Waals surface area contributed by atoms with Gasteiger partial charge < -0.3 is 10.1 Å². The van der Waals surface area contributed by atoms with Crippen LogP contribution in [0.3, 0.4) is 0 Å². The van der Waals surface area contributed by atoms with Gasteiger partial charge in [-0.3, -0.25) is 9.69 Å². The predicted molar refractivity (Wildman–Crippen MR) is 117 cm³/mol. The van der Waals surface area contributed by atoms with E-state index in [-0.39, 0.29) is 5.91 Å². The molecule has 2 fully saturated rings. The van der Waals surface area contributed by atoms with Gasteiger partial charge in [0, 0.05) is 25.7 Å². The molecule has 0 spiro atoms. The van der Waals surface area contributed by atoms with E-state index < -0.39 is 0 Å². The van der Waals surface area contributed by atoms with Crippen LogP contribution < -0.4 is 10.1 Å². The Morgan fingerprint density at radius 2 is 1.77 bits per heavy atom. The van der Waals surface area contributed by atoms with E-state index in [0.29, 0.717) is 17.8 Å². The van der Waals surface area contributed by atoms with Gasteiger partial charge >= 0.3 is 0 Å². The number of amides is 1. The summed E-state index contributed by atoms with van der Waals surface area (Å²) in [5, 5.41) is 11.3. The van der Waals surface area contributed by atoms with Gasteiger partial charge in [-0.1, -0.05) is 35.5 Å². The van der Waals surface area contributed by atoms with Crippen molar-refractivity contribution in [1.82, 2.24) is 25.2 Å². The van der Waals surface area contributed by atoms with Crippen molar-refractivity contribution in [3.63, 3.8) is 0 Å². The molecule has 5 rings (SSSR count). The number of hydrogen-bond donors (Lipinski definition) is 1. The molecule has 7 nitrogen and oxygen atoms in total. The van der Waals surface area contributed by atoms with Crippen LogP contribution in [0, 0.1) is 0 Å². The SMILES string of the molecule is O=C(NC1CC1)c1cn(C2CCN(Cc3cccc(Oc4ccccc4)c3)CC2)nn1. The molecule has 0 atom stereocenters. The maximum absolute atomic E-state index is 12.1. The molecule has 7 heteroatoms. The molecule has 160 valence electrons. The van der Waals surface area contributed by atoms with E-state index in [1.807, 2.05) is 47.1 Å². The largest absolute Gasteiger partial charge is 0.457 e. The zero-order valence-corrected chi connectivity index (χ0v) is 17.5. The number of likely N-dealkylation sites (tertiary alicyclic amines) is 1. The van der Waals surface area contributed by atoms with Crippen molar-refractivity contribution in [2.75, 3.05) is 13.1 Å². The number of aromatic nitrogens is 3. The number of nitrogens with zero attached hydrogens (tertiary/aromatic N) is 4. The predicted octanol–water partition coefficient (Wildman–Crippen LogP) is 3.80. The lowest BCUT2D eigenvalue weighted by Gasteiger charge is -2.31. The van der Waals surface area contributed by atoms with E-state index in [9.17, 15) is 4.79 Å². The van der Waals surface area contributed by atoms with Gasteiger partial charge in [0.05, 0.1) is 12.2 Å². The third-order valence-corrected chi connectivity index (χ3v) is 5.87. The molecule has 1 aromatic heterocycles. The maximum atomic E-state index is 12.1. The summed E-state index contributed by atoms with van der Waals surface area (Å²) >= 11 is 0. The topological polar surface area (TPSA) is 72.3 Å². The van der Waals surface area contributed by atoms with Crippen LogP contribution in [0.15, 0.2) is 60.8 Å². The molecule has 1 saturated carbocycles. The van der Waals surface area contributed by atoms with Crippen LogP contribution in [0.5, 0.6) is 11.5 Å². The van der Waals surface area contributed by atoms with E-state index in [0.717, 1.165) is 56.8 Å². The van der Waals surface area contributed by atoms with Crippen LogP contribution in [0.2, 0.25) is 0 Å². The van der Waals surface area contributed by atoms with Crippen LogP contribution in [0.4, 0.5) is 0 Å². The highest BCUT2D eigenvalue weighted by molar-refractivity contribution is 5.92. The number of rotatable bonds is 7. The molecule has 2 heterocycles. The molecule has 1 aliphatic carbocycles. The Labute approximate surface area is 182 Å². The smallest absolute Gasteiger partial charge is 0.273 e. The molecule has 1 amide bonds. The number of piperidine rings is 1. The van der Waals surface area contributed by atoms with Crippen LogP contribution in [0.25, 0.3) is 0 Å². The molecule has 0 unspecified atom stereocenters. The van der Waals surface area contributed by atoms with E-state index in [2.05, 4.69) is 32.7 Å². The summed E-state index contributed by atoms with van der Waals surface area (Å²) in [6.07, 6.45) is 5.92. The first-order valence-corrected chi connectivity index (χ1v) is 11.0. The summed E-state index contributed by atoms with van der Waals surface area (Å²) < 4.78 is 7.83. The first kappa shape index (κ1) is 19.8. The number of carbonyl (C=O) groups is 1. The van der Waals surface area contributed by atoms with E-state index in [1.54, 1.807) is 6.20 Å². The normalized spacial score (nSPS) is 17.4. The molecule has 3 aromatic rings. The Kier molecular flexibility index (Phi) is 5.67. The number of benzene rings is 2. The fourth-order valence-electron chi connectivity index (χ4n) is 3.98. The quantitative estimate of drug-likeness (QED) is 0.633. The minimum absolute atomic E-state index is 0.108. The molecule has 2 aliphatic rings. The summed E-state index contributed by atoms with van der Waals surface area (Å²) in [7, 11) is 0. The first-order chi connectivity index (χ1) is 15.2. The Balaban J connectivity index is 1.14. The van der Waals surface area contributed by atoms with Gasteiger partial charge in [-0.05, 0) is 55.5 Å². The van der Waals surface area contributed by atoms with Gasteiger partial charge in [-0.15, -0.1) is 5.10 Å². The number of carbonyl (C=O) groups excluding carboxylic acids is 1. The monoisotopic (exact) mass is 417 g/mol. The van der Waals surface area contributed by atoms with Crippen molar-refractivity contribution in [1.29, 1.82) is 0 Å². The third kappa shape index (κ3) is 5.11. The van der Waals surface area contributed by atoms with Crippen molar-refractivity contribution in [2.45, 2.75) is 44.3 Å². The summed E-state index contributed by atoms with van der Waals surface area (Å²) in [4.78, 5) is 14.6. The zero-order valence-electron chi connectivity index (χ0n) is 17.5. The molecule has 1 aliphatic heterocycles. The lowest BCUT2D eigenvalue weighted by Crippen LogP contribution is -2.34. The average molecular weight is 418 g/mol. The van der Waals surface area contributed by atoms with Gasteiger partial charge in [0.25, 0.3) is 5.91 Å². The fourth-order valence-corrected chi connectivity index (χ4v) is 3.98. The van der Waals surface area contributed by atoms with Crippen LogP contribution in [-0.2, 0) is 6.54 Å². The zero-order chi connectivity index (χ0) is 21.0. The second-order valence-electron chi connectivity index (χ2n) is 8.40. The molecule has 0 radical (unpaired) electrons. The molecule has 0 bridgehead atoms. The van der Waals surface area contributed by atoms with Crippen LogP contribution in [-0.4, -0.2) is 44.9 Å². The number of para-hydroxylation sites is 1. The van der Waals surface area contributed by atoms with Gasteiger partial charge in [-0.25, -0.2) is 4.68 Å². The molecular formula is C24H27N5O2. The van der Waals surface area contributed by atoms with Gasteiger partial charge in [0.15, 0.2) is 5.69 Å². The van der Waals surface area contributed by atoms with E-state index in [4.69, 9.17) is 4.74 Å². The van der Waals surface area contributed by atoms with Crippen LogP contribution in [0.1, 0.15) is 47.8 Å². The number of ether oxygens (including phenoxy) is 1. The van der Waals surface area contributed by atoms with Crippen molar-refractivity contribution >= 4 is 5.91 Å². The third-order valence-electron chi connectivity index (χ3n) is 5.87. The summed E-state index contributed by atoms with van der Waals surface area (Å²) in [5.41, 5.74) is 1.66. The highest BCUT2D eigenvalue weighted by Gasteiger charge is 2.26. The summed E-state index contributed by atoms with van der Waals surface area (Å²) in [6.45, 7) is 2.86. The van der Waals surface area contributed by atoms with Crippen molar-refractivity contribution in [3.05, 3.63) is 72.1 Å². The highest BCUT2D eigenvalue weighted by Crippen LogP contribution is 2.26. The Hall–Kier alpha value is -3.19. The molecular weight excluding hydrogens is 390 g/mol. The maximum Gasteiger partial charge on any atom is 0.273 e. The van der Waals surface area contributed by atoms with E-state index >= 15 is 0 Å². The van der Waals surface area contributed by atoms with Crippen molar-refractivity contribution in [3.8, 4) is 11.5 Å². The average Bonchev–Trinajstić information content (AvgIpc) is 3.46. The summed E-state index contributed by atoms with van der Waals surface area (Å²) in [5.74, 6) is 1.60. The number of nitrogens with one attached hydrogen (secondary N) is 1. The second kappa shape index (κ2) is 8.89. The minimum Gasteiger partial charge on any atom is -0.457 e. The van der Waals surface area contributed by atoms with Crippen molar-refractivity contribution < 1.29 is 9.53 Å². The summed E-state index contributed by atoms with van der Waals surface area (Å²) in [6, 6.07) is 18.8. The molecule has 31 heavy (non-hydrogen) atoms. The van der Waals surface area contributed by atoms with E-state index in [1.165, 1.54) is 5.56 Å². The van der Waals surface area contributed by atoms with Gasteiger partial charge in [0.2, 0.25) is 0 Å². The Bertz CT molecular complexity index is 1020.